The molecule has 0 spiro atoms. The van der Waals surface area contributed by atoms with Crippen LogP contribution in [0.1, 0.15) is 37.2 Å². The van der Waals surface area contributed by atoms with E-state index in [-0.39, 0.29) is 6.04 Å². The number of nitrogens with zero attached hydrogens (tertiary/aromatic N) is 2. The molecule has 114 valence electrons. The minimum Gasteiger partial charge on any atom is -0.338 e. The molecule has 0 aliphatic carbocycles. The van der Waals surface area contributed by atoms with Gasteiger partial charge in [-0.1, -0.05) is 13.0 Å². The van der Waals surface area contributed by atoms with Gasteiger partial charge in [0.05, 0.1) is 0 Å². The lowest BCUT2D eigenvalue weighted by molar-refractivity contribution is 0.476. The molecule has 0 saturated carbocycles. The minimum atomic E-state index is -0.808. The van der Waals surface area contributed by atoms with Gasteiger partial charge in [-0.05, 0) is 37.1 Å². The predicted molar refractivity (Wildman–Crippen MR) is 78.9 cm³/mol. The fourth-order valence-electron chi connectivity index (χ4n) is 2.35. The van der Waals surface area contributed by atoms with E-state index in [1.165, 1.54) is 12.1 Å². The van der Waals surface area contributed by atoms with Crippen molar-refractivity contribution in [3.63, 3.8) is 0 Å². The van der Waals surface area contributed by atoms with Crippen molar-refractivity contribution in [3.8, 4) is 0 Å². The van der Waals surface area contributed by atoms with Crippen molar-refractivity contribution in [3.05, 3.63) is 53.6 Å². The first-order valence-corrected chi connectivity index (χ1v) is 7.26. The van der Waals surface area contributed by atoms with Crippen LogP contribution in [0.5, 0.6) is 0 Å². The Labute approximate surface area is 124 Å². The van der Waals surface area contributed by atoms with Gasteiger partial charge in [-0.25, -0.2) is 13.8 Å². The molecule has 2 rings (SSSR count). The Hall–Kier alpha value is -1.75. The van der Waals surface area contributed by atoms with E-state index in [4.69, 9.17) is 0 Å². The summed E-state index contributed by atoms with van der Waals surface area (Å²) in [7, 11) is 1.95. The number of aromatic nitrogens is 2. The Bertz CT molecular complexity index is 581. The maximum absolute atomic E-state index is 13.4. The van der Waals surface area contributed by atoms with Crippen LogP contribution in [-0.4, -0.2) is 16.1 Å². The van der Waals surface area contributed by atoms with Crippen molar-refractivity contribution in [1.29, 1.82) is 0 Å². The van der Waals surface area contributed by atoms with E-state index in [0.29, 0.717) is 0 Å². The van der Waals surface area contributed by atoms with Crippen molar-refractivity contribution in [2.75, 3.05) is 6.54 Å². The molecule has 0 fully saturated rings. The molecule has 0 aliphatic rings. The van der Waals surface area contributed by atoms with Crippen molar-refractivity contribution >= 4 is 0 Å². The molecule has 0 radical (unpaired) electrons. The van der Waals surface area contributed by atoms with Gasteiger partial charge in [-0.3, -0.25) is 0 Å². The minimum absolute atomic E-state index is 0.00301. The predicted octanol–water partition coefficient (Wildman–Crippen LogP) is 3.37. The van der Waals surface area contributed by atoms with E-state index in [9.17, 15) is 8.78 Å². The number of aryl methyl sites for hydroxylation is 2. The number of nitrogens with one attached hydrogen (secondary N) is 1. The highest BCUT2D eigenvalue weighted by Crippen LogP contribution is 2.21. The Morgan fingerprint density at radius 3 is 2.71 bits per heavy atom. The SMILES string of the molecule is CCCNC(CCc1nccn1C)c1ccc(F)c(F)c1. The fourth-order valence-corrected chi connectivity index (χ4v) is 2.35. The van der Waals surface area contributed by atoms with Crippen molar-refractivity contribution in [1.82, 2.24) is 14.9 Å². The second kappa shape index (κ2) is 7.31. The second-order valence-corrected chi connectivity index (χ2v) is 5.17. The number of hydrogen-bond acceptors (Lipinski definition) is 2. The first-order chi connectivity index (χ1) is 10.1. The van der Waals surface area contributed by atoms with Crippen molar-refractivity contribution in [2.24, 2.45) is 7.05 Å². The molecule has 0 bridgehead atoms. The zero-order valence-corrected chi connectivity index (χ0v) is 12.4. The molecule has 2 aromatic rings. The molecule has 1 heterocycles. The summed E-state index contributed by atoms with van der Waals surface area (Å²) in [6.07, 6.45) is 6.23. The number of hydrogen-bond donors (Lipinski definition) is 1. The van der Waals surface area contributed by atoms with Gasteiger partial charge in [0, 0.05) is 31.9 Å². The maximum atomic E-state index is 13.4. The number of rotatable bonds is 7. The average Bonchev–Trinajstić information content (AvgIpc) is 2.88. The summed E-state index contributed by atoms with van der Waals surface area (Å²) in [5, 5.41) is 3.39. The third kappa shape index (κ3) is 4.11. The number of halogens is 2. The molecule has 0 saturated heterocycles. The Kier molecular flexibility index (Phi) is 5.44. The summed E-state index contributed by atoms with van der Waals surface area (Å²) in [6.45, 7) is 2.91. The van der Waals surface area contributed by atoms with E-state index in [0.717, 1.165) is 37.2 Å². The second-order valence-electron chi connectivity index (χ2n) is 5.17. The summed E-state index contributed by atoms with van der Waals surface area (Å²) in [5.74, 6) is -0.620. The lowest BCUT2D eigenvalue weighted by atomic mass is 10.0. The van der Waals surface area contributed by atoms with Crippen molar-refractivity contribution < 1.29 is 8.78 Å². The van der Waals surface area contributed by atoms with E-state index in [1.54, 1.807) is 12.3 Å². The zero-order chi connectivity index (χ0) is 15.2. The highest BCUT2D eigenvalue weighted by atomic mass is 19.2. The summed E-state index contributed by atoms with van der Waals surface area (Å²) in [4.78, 5) is 4.29. The topological polar surface area (TPSA) is 29.9 Å². The smallest absolute Gasteiger partial charge is 0.159 e. The van der Waals surface area contributed by atoms with Gasteiger partial charge in [0.2, 0.25) is 0 Å². The molecule has 3 nitrogen and oxygen atoms in total. The first kappa shape index (κ1) is 15.6. The van der Waals surface area contributed by atoms with Gasteiger partial charge < -0.3 is 9.88 Å². The molecule has 1 aromatic heterocycles. The average molecular weight is 293 g/mol. The third-order valence-corrected chi connectivity index (χ3v) is 3.56. The lowest BCUT2D eigenvalue weighted by Crippen LogP contribution is -2.23. The molecule has 1 N–H and O–H groups in total. The highest BCUT2D eigenvalue weighted by molar-refractivity contribution is 5.21. The molecule has 1 aromatic carbocycles. The van der Waals surface area contributed by atoms with Gasteiger partial charge >= 0.3 is 0 Å². The summed E-state index contributed by atoms with van der Waals surface area (Å²) >= 11 is 0. The third-order valence-electron chi connectivity index (χ3n) is 3.56. The van der Waals surface area contributed by atoms with Gasteiger partial charge in [0.15, 0.2) is 11.6 Å². The van der Waals surface area contributed by atoms with Crippen LogP contribution < -0.4 is 5.32 Å². The maximum Gasteiger partial charge on any atom is 0.159 e. The summed E-state index contributed by atoms with van der Waals surface area (Å²) in [6, 6.07) is 4.11. The molecular weight excluding hydrogens is 272 g/mol. The monoisotopic (exact) mass is 293 g/mol. The Morgan fingerprint density at radius 2 is 2.10 bits per heavy atom. The van der Waals surface area contributed by atoms with Crippen LogP contribution in [0.25, 0.3) is 0 Å². The van der Waals surface area contributed by atoms with Crippen LogP contribution in [0.2, 0.25) is 0 Å². The standard InChI is InChI=1S/C16H21F2N3/c1-3-8-19-15(6-7-16-20-9-10-21(16)2)12-4-5-13(17)14(18)11-12/h4-5,9-11,15,19H,3,6-8H2,1-2H3. The van der Waals surface area contributed by atoms with Crippen LogP contribution in [0, 0.1) is 11.6 Å². The quantitative estimate of drug-likeness (QED) is 0.848. The van der Waals surface area contributed by atoms with E-state index < -0.39 is 11.6 Å². The highest BCUT2D eigenvalue weighted by Gasteiger charge is 2.14. The molecule has 5 heteroatoms. The number of benzene rings is 1. The first-order valence-electron chi connectivity index (χ1n) is 7.26. The Morgan fingerprint density at radius 1 is 1.29 bits per heavy atom. The molecule has 1 atom stereocenters. The van der Waals surface area contributed by atoms with E-state index >= 15 is 0 Å². The molecule has 21 heavy (non-hydrogen) atoms. The largest absolute Gasteiger partial charge is 0.338 e. The normalized spacial score (nSPS) is 12.6. The zero-order valence-electron chi connectivity index (χ0n) is 12.4. The van der Waals surface area contributed by atoms with Crippen LogP contribution >= 0.6 is 0 Å². The molecular formula is C16H21F2N3. The van der Waals surface area contributed by atoms with Crippen LogP contribution in [0.3, 0.4) is 0 Å². The van der Waals surface area contributed by atoms with E-state index in [2.05, 4.69) is 17.2 Å². The number of imidazole rings is 1. The van der Waals surface area contributed by atoms with Crippen LogP contribution in [0.15, 0.2) is 30.6 Å². The fraction of sp³-hybridized carbons (Fsp3) is 0.438. The van der Waals surface area contributed by atoms with Crippen LogP contribution in [0.4, 0.5) is 8.78 Å². The van der Waals surface area contributed by atoms with Gasteiger partial charge in [-0.2, -0.15) is 0 Å². The lowest BCUT2D eigenvalue weighted by Gasteiger charge is -2.19. The van der Waals surface area contributed by atoms with E-state index in [1.807, 2.05) is 17.8 Å². The summed E-state index contributed by atoms with van der Waals surface area (Å²) in [5.41, 5.74) is 0.775. The van der Waals surface area contributed by atoms with Gasteiger partial charge in [-0.15, -0.1) is 0 Å². The molecule has 0 amide bonds. The van der Waals surface area contributed by atoms with Gasteiger partial charge in [0.1, 0.15) is 5.82 Å². The molecule has 1 unspecified atom stereocenters. The molecule has 0 aliphatic heterocycles. The summed E-state index contributed by atoms with van der Waals surface area (Å²) < 4.78 is 28.5. The van der Waals surface area contributed by atoms with Crippen molar-refractivity contribution in [2.45, 2.75) is 32.2 Å². The van der Waals surface area contributed by atoms with Gasteiger partial charge in [0.25, 0.3) is 0 Å². The Balaban J connectivity index is 2.09. The van der Waals surface area contributed by atoms with Crippen LogP contribution in [-0.2, 0) is 13.5 Å².